The number of hydrogen-bond donors (Lipinski definition) is 1. The summed E-state index contributed by atoms with van der Waals surface area (Å²) in [5.41, 5.74) is 3.17. The minimum absolute atomic E-state index is 0.0122. The van der Waals surface area contributed by atoms with E-state index < -0.39 is 18.0 Å². The number of anilines is 1. The van der Waals surface area contributed by atoms with Gasteiger partial charge < -0.3 is 19.5 Å². The molecule has 6 nitrogen and oxygen atoms in total. The maximum Gasteiger partial charge on any atom is 0.310 e. The molecule has 166 valence electrons. The zero-order valence-corrected chi connectivity index (χ0v) is 18.5. The van der Waals surface area contributed by atoms with E-state index in [4.69, 9.17) is 14.2 Å². The molecule has 3 rings (SSSR count). The van der Waals surface area contributed by atoms with Crippen LogP contribution in [-0.4, -0.2) is 25.6 Å². The van der Waals surface area contributed by atoms with E-state index in [-0.39, 0.29) is 13.0 Å². The van der Waals surface area contributed by atoms with E-state index in [1.54, 1.807) is 36.4 Å². The second-order valence-corrected chi connectivity index (χ2v) is 7.39. The van der Waals surface area contributed by atoms with Crippen molar-refractivity contribution >= 4 is 17.6 Å². The average molecular weight is 434 g/mol. The normalized spacial score (nSPS) is 11.3. The fourth-order valence-electron chi connectivity index (χ4n) is 3.10. The van der Waals surface area contributed by atoms with Crippen molar-refractivity contribution in [1.29, 1.82) is 0 Å². The Balaban J connectivity index is 1.67. The van der Waals surface area contributed by atoms with Crippen LogP contribution >= 0.6 is 0 Å². The minimum atomic E-state index is -1.10. The van der Waals surface area contributed by atoms with Crippen molar-refractivity contribution in [2.45, 2.75) is 26.4 Å². The number of amides is 1. The third-order valence-corrected chi connectivity index (χ3v) is 4.80. The molecule has 0 aliphatic carbocycles. The van der Waals surface area contributed by atoms with Crippen LogP contribution in [0.15, 0.2) is 72.8 Å². The SMILES string of the molecule is COc1ccc(C)cc1NC(=O)C(OC(=O)CCOc1ccc(C)cc1)c1ccccc1. The summed E-state index contributed by atoms with van der Waals surface area (Å²) in [5, 5.41) is 2.82. The zero-order valence-electron chi connectivity index (χ0n) is 18.5. The zero-order chi connectivity index (χ0) is 22.9. The fourth-order valence-corrected chi connectivity index (χ4v) is 3.10. The third kappa shape index (κ3) is 6.35. The number of carbonyl (C=O) groups is 2. The smallest absolute Gasteiger partial charge is 0.310 e. The summed E-state index contributed by atoms with van der Waals surface area (Å²) in [6.07, 6.45) is -1.09. The van der Waals surface area contributed by atoms with Gasteiger partial charge in [-0.15, -0.1) is 0 Å². The van der Waals surface area contributed by atoms with Crippen LogP contribution in [0.5, 0.6) is 11.5 Å². The number of carbonyl (C=O) groups excluding carboxylic acids is 2. The van der Waals surface area contributed by atoms with Crippen LogP contribution in [0, 0.1) is 13.8 Å². The van der Waals surface area contributed by atoms with Gasteiger partial charge in [-0.05, 0) is 43.7 Å². The van der Waals surface area contributed by atoms with Crippen LogP contribution in [0.3, 0.4) is 0 Å². The summed E-state index contributed by atoms with van der Waals surface area (Å²) >= 11 is 0. The highest BCUT2D eigenvalue weighted by molar-refractivity contribution is 5.97. The topological polar surface area (TPSA) is 73.9 Å². The van der Waals surface area contributed by atoms with Gasteiger partial charge in [-0.25, -0.2) is 0 Å². The molecular weight excluding hydrogens is 406 g/mol. The van der Waals surface area contributed by atoms with Crippen molar-refractivity contribution in [1.82, 2.24) is 0 Å². The molecule has 32 heavy (non-hydrogen) atoms. The summed E-state index contributed by atoms with van der Waals surface area (Å²) in [5.74, 6) is 0.200. The van der Waals surface area contributed by atoms with Gasteiger partial charge in [-0.2, -0.15) is 0 Å². The highest BCUT2D eigenvalue weighted by Crippen LogP contribution is 2.28. The van der Waals surface area contributed by atoms with Gasteiger partial charge in [-0.3, -0.25) is 9.59 Å². The molecule has 1 atom stereocenters. The van der Waals surface area contributed by atoms with Gasteiger partial charge in [0.05, 0.1) is 25.8 Å². The Morgan fingerprint density at radius 3 is 2.28 bits per heavy atom. The van der Waals surface area contributed by atoms with Crippen LogP contribution in [0.1, 0.15) is 29.2 Å². The number of hydrogen-bond acceptors (Lipinski definition) is 5. The molecule has 0 saturated carbocycles. The Hall–Kier alpha value is -3.80. The lowest BCUT2D eigenvalue weighted by Gasteiger charge is -2.19. The van der Waals surface area contributed by atoms with Crippen molar-refractivity contribution < 1.29 is 23.8 Å². The largest absolute Gasteiger partial charge is 0.495 e. The molecule has 3 aromatic rings. The van der Waals surface area contributed by atoms with Gasteiger partial charge in [0.25, 0.3) is 5.91 Å². The van der Waals surface area contributed by atoms with Crippen molar-refractivity contribution in [3.05, 3.63) is 89.5 Å². The van der Waals surface area contributed by atoms with Crippen LogP contribution in [-0.2, 0) is 14.3 Å². The van der Waals surface area contributed by atoms with E-state index in [0.29, 0.717) is 22.7 Å². The molecule has 0 heterocycles. The first-order chi connectivity index (χ1) is 15.5. The van der Waals surface area contributed by atoms with Crippen LogP contribution in [0.4, 0.5) is 5.69 Å². The van der Waals surface area contributed by atoms with Crippen molar-refractivity contribution in [2.24, 2.45) is 0 Å². The molecule has 0 radical (unpaired) electrons. The molecule has 0 saturated heterocycles. The first-order valence-electron chi connectivity index (χ1n) is 10.4. The molecule has 1 unspecified atom stereocenters. The lowest BCUT2D eigenvalue weighted by molar-refractivity contribution is -0.155. The predicted octanol–water partition coefficient (Wildman–Crippen LogP) is 5.00. The maximum absolute atomic E-state index is 13.1. The van der Waals surface area contributed by atoms with Crippen LogP contribution in [0.2, 0.25) is 0 Å². The fraction of sp³-hybridized carbons (Fsp3) is 0.231. The Labute approximate surface area is 188 Å². The molecule has 1 amide bonds. The lowest BCUT2D eigenvalue weighted by atomic mass is 10.1. The Morgan fingerprint density at radius 2 is 1.59 bits per heavy atom. The average Bonchev–Trinajstić information content (AvgIpc) is 2.79. The standard InChI is InChI=1S/C26H27NO5/c1-18-9-12-21(13-10-18)31-16-15-24(28)32-25(20-7-5-4-6-8-20)26(29)27-22-17-19(2)11-14-23(22)30-3/h4-14,17,25H,15-16H2,1-3H3,(H,27,29). The third-order valence-electron chi connectivity index (χ3n) is 4.80. The summed E-state index contributed by atoms with van der Waals surface area (Å²) < 4.78 is 16.5. The van der Waals surface area contributed by atoms with Gasteiger partial charge in [0, 0.05) is 5.56 Å². The molecule has 0 bridgehead atoms. The quantitative estimate of drug-likeness (QED) is 0.481. The van der Waals surface area contributed by atoms with E-state index >= 15 is 0 Å². The summed E-state index contributed by atoms with van der Waals surface area (Å²) in [6, 6.07) is 21.9. The minimum Gasteiger partial charge on any atom is -0.495 e. The number of ether oxygens (including phenoxy) is 3. The van der Waals surface area contributed by atoms with E-state index in [1.807, 2.05) is 50.2 Å². The Bertz CT molecular complexity index is 1050. The second-order valence-electron chi connectivity index (χ2n) is 7.39. The Morgan fingerprint density at radius 1 is 0.906 bits per heavy atom. The highest BCUT2D eigenvalue weighted by Gasteiger charge is 2.26. The molecule has 0 spiro atoms. The van der Waals surface area contributed by atoms with Gasteiger partial charge in [0.2, 0.25) is 6.10 Å². The summed E-state index contributed by atoms with van der Waals surface area (Å²) in [6.45, 7) is 4.05. The molecule has 0 aliphatic rings. The number of rotatable bonds is 9. The number of methoxy groups -OCH3 is 1. The van der Waals surface area contributed by atoms with Crippen LogP contribution < -0.4 is 14.8 Å². The molecule has 6 heteroatoms. The second kappa shape index (κ2) is 11.0. The van der Waals surface area contributed by atoms with Crippen molar-refractivity contribution in [2.75, 3.05) is 19.0 Å². The predicted molar refractivity (Wildman–Crippen MR) is 123 cm³/mol. The summed E-state index contributed by atoms with van der Waals surface area (Å²) in [7, 11) is 1.53. The van der Waals surface area contributed by atoms with Gasteiger partial charge >= 0.3 is 5.97 Å². The Kier molecular flexibility index (Phi) is 7.86. The molecule has 3 aromatic carbocycles. The number of benzene rings is 3. The highest BCUT2D eigenvalue weighted by atomic mass is 16.6. The molecule has 1 N–H and O–H groups in total. The number of esters is 1. The van der Waals surface area contributed by atoms with E-state index in [9.17, 15) is 9.59 Å². The monoisotopic (exact) mass is 433 g/mol. The lowest BCUT2D eigenvalue weighted by Crippen LogP contribution is -2.26. The van der Waals surface area contributed by atoms with E-state index in [0.717, 1.165) is 11.1 Å². The van der Waals surface area contributed by atoms with E-state index in [1.165, 1.54) is 7.11 Å². The van der Waals surface area contributed by atoms with E-state index in [2.05, 4.69) is 5.32 Å². The van der Waals surface area contributed by atoms with Crippen molar-refractivity contribution in [3.8, 4) is 11.5 Å². The molecule has 0 aliphatic heterocycles. The summed E-state index contributed by atoms with van der Waals surface area (Å²) in [4.78, 5) is 25.6. The maximum atomic E-state index is 13.1. The molecule has 0 aromatic heterocycles. The van der Waals surface area contributed by atoms with Gasteiger partial charge in [-0.1, -0.05) is 54.1 Å². The molecule has 0 fully saturated rings. The van der Waals surface area contributed by atoms with Crippen LogP contribution in [0.25, 0.3) is 0 Å². The van der Waals surface area contributed by atoms with Gasteiger partial charge in [0.15, 0.2) is 0 Å². The molecular formula is C26H27NO5. The number of aryl methyl sites for hydroxylation is 2. The first kappa shape index (κ1) is 22.9. The number of nitrogens with one attached hydrogen (secondary N) is 1. The van der Waals surface area contributed by atoms with Crippen molar-refractivity contribution in [3.63, 3.8) is 0 Å². The first-order valence-corrected chi connectivity index (χ1v) is 10.4. The van der Waals surface area contributed by atoms with Gasteiger partial charge in [0.1, 0.15) is 11.5 Å².